The molecule has 3 N–H and O–H groups in total. The molecule has 90 valence electrons. The number of nitrogens with one attached hydrogen (secondary N) is 1. The third kappa shape index (κ3) is 2.77. The van der Waals surface area contributed by atoms with E-state index in [1.165, 1.54) is 5.56 Å². The van der Waals surface area contributed by atoms with Crippen LogP contribution in [0.4, 0.5) is 0 Å². The van der Waals surface area contributed by atoms with Crippen molar-refractivity contribution in [3.05, 3.63) is 58.0 Å². The molecule has 4 heteroatoms. The van der Waals surface area contributed by atoms with Crippen molar-refractivity contribution in [1.29, 1.82) is 0 Å². The lowest BCUT2D eigenvalue weighted by Gasteiger charge is -2.16. The largest absolute Gasteiger partial charge is 0.469 e. The zero-order valence-corrected chi connectivity index (χ0v) is 11.2. The van der Waals surface area contributed by atoms with Crippen LogP contribution in [-0.4, -0.2) is 0 Å². The highest BCUT2D eigenvalue weighted by Gasteiger charge is 2.15. The fraction of sp³-hybridized carbons (Fsp3) is 0.231. The Morgan fingerprint density at radius 1 is 1.35 bits per heavy atom. The SMILES string of the molecule is Cc1occc1C(Cc1ccccc1Br)NN. The second-order valence-electron chi connectivity index (χ2n) is 3.95. The van der Waals surface area contributed by atoms with E-state index in [4.69, 9.17) is 10.3 Å². The van der Waals surface area contributed by atoms with Crippen molar-refractivity contribution in [2.24, 2.45) is 5.84 Å². The number of rotatable bonds is 4. The van der Waals surface area contributed by atoms with Crippen LogP contribution in [0.15, 0.2) is 45.5 Å². The van der Waals surface area contributed by atoms with E-state index < -0.39 is 0 Å². The molecule has 2 rings (SSSR count). The van der Waals surface area contributed by atoms with E-state index in [1.54, 1.807) is 6.26 Å². The summed E-state index contributed by atoms with van der Waals surface area (Å²) >= 11 is 3.54. The van der Waals surface area contributed by atoms with Gasteiger partial charge in [-0.05, 0) is 31.0 Å². The van der Waals surface area contributed by atoms with Gasteiger partial charge in [-0.3, -0.25) is 11.3 Å². The second-order valence-corrected chi connectivity index (χ2v) is 4.80. The van der Waals surface area contributed by atoms with Gasteiger partial charge < -0.3 is 4.42 Å². The summed E-state index contributed by atoms with van der Waals surface area (Å²) in [4.78, 5) is 0. The normalized spacial score (nSPS) is 12.6. The average Bonchev–Trinajstić information content (AvgIpc) is 2.75. The molecule has 0 bridgehead atoms. The van der Waals surface area contributed by atoms with Crippen LogP contribution in [0.5, 0.6) is 0 Å². The Hall–Kier alpha value is -1.10. The Kier molecular flexibility index (Phi) is 3.99. The quantitative estimate of drug-likeness (QED) is 0.673. The summed E-state index contributed by atoms with van der Waals surface area (Å²) in [6.45, 7) is 1.94. The van der Waals surface area contributed by atoms with Gasteiger partial charge in [-0.25, -0.2) is 0 Å². The molecule has 17 heavy (non-hydrogen) atoms. The van der Waals surface area contributed by atoms with Crippen molar-refractivity contribution in [3.8, 4) is 0 Å². The molecule has 0 saturated heterocycles. The first kappa shape index (κ1) is 12.4. The molecule has 1 heterocycles. The maximum atomic E-state index is 5.62. The van der Waals surface area contributed by atoms with Gasteiger partial charge in [0.05, 0.1) is 12.3 Å². The Balaban J connectivity index is 2.22. The molecular weight excluding hydrogens is 280 g/mol. The molecule has 0 amide bonds. The van der Waals surface area contributed by atoms with Gasteiger partial charge in [0, 0.05) is 10.0 Å². The first-order chi connectivity index (χ1) is 8.22. The van der Waals surface area contributed by atoms with Gasteiger partial charge >= 0.3 is 0 Å². The Morgan fingerprint density at radius 3 is 2.71 bits per heavy atom. The fourth-order valence-electron chi connectivity index (χ4n) is 1.90. The van der Waals surface area contributed by atoms with Crippen LogP contribution in [0.2, 0.25) is 0 Å². The number of hydrogen-bond acceptors (Lipinski definition) is 3. The molecule has 1 aromatic carbocycles. The molecule has 0 fully saturated rings. The molecule has 1 unspecified atom stereocenters. The smallest absolute Gasteiger partial charge is 0.105 e. The summed E-state index contributed by atoms with van der Waals surface area (Å²) in [6.07, 6.45) is 2.51. The van der Waals surface area contributed by atoms with E-state index in [0.29, 0.717) is 0 Å². The molecule has 0 spiro atoms. The lowest BCUT2D eigenvalue weighted by Crippen LogP contribution is -2.29. The van der Waals surface area contributed by atoms with Crippen LogP contribution in [0.3, 0.4) is 0 Å². The van der Waals surface area contributed by atoms with Crippen molar-refractivity contribution in [3.63, 3.8) is 0 Å². The third-order valence-electron chi connectivity index (χ3n) is 2.86. The van der Waals surface area contributed by atoms with Crippen LogP contribution in [0.1, 0.15) is 22.9 Å². The molecule has 0 radical (unpaired) electrons. The van der Waals surface area contributed by atoms with Gasteiger partial charge in [-0.1, -0.05) is 34.1 Å². The lowest BCUT2D eigenvalue weighted by molar-refractivity contribution is 0.501. The Bertz CT molecular complexity index is 496. The van der Waals surface area contributed by atoms with E-state index >= 15 is 0 Å². The summed E-state index contributed by atoms with van der Waals surface area (Å²) < 4.78 is 6.41. The fourth-order valence-corrected chi connectivity index (χ4v) is 2.35. The van der Waals surface area contributed by atoms with Gasteiger partial charge in [-0.2, -0.15) is 0 Å². The van der Waals surface area contributed by atoms with Crippen LogP contribution < -0.4 is 11.3 Å². The lowest BCUT2D eigenvalue weighted by atomic mass is 10.00. The predicted molar refractivity (Wildman–Crippen MR) is 71.4 cm³/mol. The Morgan fingerprint density at radius 2 is 2.12 bits per heavy atom. The number of aryl methyl sites for hydroxylation is 1. The summed E-state index contributed by atoms with van der Waals surface area (Å²) in [7, 11) is 0. The summed E-state index contributed by atoms with van der Waals surface area (Å²) in [6, 6.07) is 10.2. The molecule has 0 aliphatic heterocycles. The first-order valence-electron chi connectivity index (χ1n) is 5.46. The Labute approximate surface area is 109 Å². The van der Waals surface area contributed by atoms with Gasteiger partial charge in [0.2, 0.25) is 0 Å². The highest BCUT2D eigenvalue weighted by atomic mass is 79.9. The average molecular weight is 295 g/mol. The summed E-state index contributed by atoms with van der Waals surface area (Å²) in [5.41, 5.74) is 5.16. The second kappa shape index (κ2) is 5.49. The standard InChI is InChI=1S/C13H15BrN2O/c1-9-11(6-7-17-9)13(16-15)8-10-4-2-3-5-12(10)14/h2-7,13,16H,8,15H2,1H3. The molecule has 3 nitrogen and oxygen atoms in total. The summed E-state index contributed by atoms with van der Waals surface area (Å²) in [5, 5.41) is 0. The van der Waals surface area contributed by atoms with Gasteiger partial charge in [0.15, 0.2) is 0 Å². The molecule has 2 aromatic rings. The van der Waals surface area contributed by atoms with Crippen LogP contribution >= 0.6 is 15.9 Å². The van der Waals surface area contributed by atoms with E-state index in [-0.39, 0.29) is 6.04 Å². The highest BCUT2D eigenvalue weighted by molar-refractivity contribution is 9.10. The minimum Gasteiger partial charge on any atom is -0.469 e. The van der Waals surface area contributed by atoms with Crippen molar-refractivity contribution >= 4 is 15.9 Å². The van der Waals surface area contributed by atoms with Gasteiger partial charge in [0.25, 0.3) is 0 Å². The van der Waals surface area contributed by atoms with Crippen molar-refractivity contribution in [2.45, 2.75) is 19.4 Å². The highest BCUT2D eigenvalue weighted by Crippen LogP contribution is 2.25. The molecule has 0 aliphatic carbocycles. The zero-order chi connectivity index (χ0) is 12.3. The number of hydrazine groups is 1. The topological polar surface area (TPSA) is 51.2 Å². The van der Waals surface area contributed by atoms with Crippen molar-refractivity contribution < 1.29 is 4.42 Å². The van der Waals surface area contributed by atoms with Crippen LogP contribution in [0.25, 0.3) is 0 Å². The molecular formula is C13H15BrN2O. The van der Waals surface area contributed by atoms with E-state index in [0.717, 1.165) is 22.2 Å². The van der Waals surface area contributed by atoms with Gasteiger partial charge in [0.1, 0.15) is 5.76 Å². The monoisotopic (exact) mass is 294 g/mol. The number of halogens is 1. The van der Waals surface area contributed by atoms with Crippen molar-refractivity contribution in [1.82, 2.24) is 5.43 Å². The number of furan rings is 1. The maximum absolute atomic E-state index is 5.62. The molecule has 0 saturated carbocycles. The van der Waals surface area contributed by atoms with E-state index in [1.807, 2.05) is 31.2 Å². The first-order valence-corrected chi connectivity index (χ1v) is 6.25. The van der Waals surface area contributed by atoms with Crippen molar-refractivity contribution in [2.75, 3.05) is 0 Å². The number of hydrogen-bond donors (Lipinski definition) is 2. The minimum absolute atomic E-state index is 0.0625. The van der Waals surface area contributed by atoms with E-state index in [9.17, 15) is 0 Å². The van der Waals surface area contributed by atoms with Crippen LogP contribution in [-0.2, 0) is 6.42 Å². The summed E-state index contributed by atoms with van der Waals surface area (Å²) in [5.74, 6) is 6.53. The maximum Gasteiger partial charge on any atom is 0.105 e. The minimum atomic E-state index is 0.0625. The number of nitrogens with two attached hydrogens (primary N) is 1. The zero-order valence-electron chi connectivity index (χ0n) is 9.61. The third-order valence-corrected chi connectivity index (χ3v) is 3.63. The molecule has 1 atom stereocenters. The van der Waals surface area contributed by atoms with E-state index in [2.05, 4.69) is 27.4 Å². The predicted octanol–water partition coefficient (Wildman–Crippen LogP) is 3.10. The molecule has 1 aromatic heterocycles. The number of benzene rings is 1. The molecule has 0 aliphatic rings. The van der Waals surface area contributed by atoms with Crippen LogP contribution in [0, 0.1) is 6.92 Å². The van der Waals surface area contributed by atoms with Gasteiger partial charge in [-0.15, -0.1) is 0 Å².